The van der Waals surface area contributed by atoms with Crippen LogP contribution in [0.4, 0.5) is 19.3 Å². The Morgan fingerprint density at radius 2 is 1.96 bits per heavy atom. The van der Waals surface area contributed by atoms with Crippen LogP contribution in [0.5, 0.6) is 0 Å². The summed E-state index contributed by atoms with van der Waals surface area (Å²) in [6, 6.07) is 8.38. The molecule has 0 saturated carbocycles. The Balaban J connectivity index is 1.86. The van der Waals surface area contributed by atoms with Crippen molar-refractivity contribution in [2.24, 2.45) is 0 Å². The van der Waals surface area contributed by atoms with Crippen molar-refractivity contribution < 1.29 is 13.6 Å². The monoisotopic (exact) mass is 356 g/mol. The fraction of sp³-hybridized carbons (Fsp3) is 0.158. The second-order valence-electron chi connectivity index (χ2n) is 5.75. The van der Waals surface area contributed by atoms with Gasteiger partial charge in [0.1, 0.15) is 11.6 Å². The van der Waals surface area contributed by atoms with E-state index >= 15 is 0 Å². The molecule has 0 atom stereocenters. The van der Waals surface area contributed by atoms with Crippen molar-refractivity contribution in [2.45, 2.75) is 13.3 Å². The number of nitrogens with zero attached hydrogens (tertiary/aromatic N) is 1. The highest BCUT2D eigenvalue weighted by Crippen LogP contribution is 2.25. The van der Waals surface area contributed by atoms with Gasteiger partial charge in [0.15, 0.2) is 0 Å². The molecule has 3 rings (SSSR count). The van der Waals surface area contributed by atoms with Gasteiger partial charge in [-0.2, -0.15) is 5.10 Å². The average Bonchev–Trinajstić information content (AvgIpc) is 3.01. The van der Waals surface area contributed by atoms with Gasteiger partial charge in [0, 0.05) is 18.0 Å². The maximum Gasteiger partial charge on any atom is 0.319 e. The van der Waals surface area contributed by atoms with Gasteiger partial charge < -0.3 is 10.6 Å². The van der Waals surface area contributed by atoms with Gasteiger partial charge in [-0.3, -0.25) is 5.10 Å². The van der Waals surface area contributed by atoms with Crippen LogP contribution < -0.4 is 10.6 Å². The lowest BCUT2D eigenvalue weighted by molar-refractivity contribution is 0.252. The molecule has 2 aromatic carbocycles. The van der Waals surface area contributed by atoms with Crippen LogP contribution in [0.15, 0.2) is 36.4 Å². The third-order valence-corrected chi connectivity index (χ3v) is 3.77. The van der Waals surface area contributed by atoms with Crippen LogP contribution >= 0.6 is 0 Å². The molecule has 26 heavy (non-hydrogen) atoms. The minimum atomic E-state index is -0.554. The normalized spacial score (nSPS) is 11.2. The van der Waals surface area contributed by atoms with Gasteiger partial charge >= 0.3 is 6.03 Å². The van der Waals surface area contributed by atoms with E-state index in [1.54, 1.807) is 24.3 Å². The van der Waals surface area contributed by atoms with Crippen LogP contribution in [-0.4, -0.2) is 22.8 Å². The number of hydrogen-bond donors (Lipinski definition) is 3. The molecule has 3 N–H and O–H groups in total. The Labute approximate surface area is 149 Å². The Kier molecular flexibility index (Phi) is 5.26. The topological polar surface area (TPSA) is 69.8 Å². The molecule has 3 aromatic rings. The van der Waals surface area contributed by atoms with E-state index < -0.39 is 11.8 Å². The quantitative estimate of drug-likeness (QED) is 0.628. The number of urea groups is 1. The van der Waals surface area contributed by atoms with Crippen molar-refractivity contribution in [3.05, 3.63) is 59.3 Å². The second-order valence-corrected chi connectivity index (χ2v) is 5.75. The summed E-state index contributed by atoms with van der Waals surface area (Å²) in [6.45, 7) is 2.44. The number of hydrogen-bond acceptors (Lipinski definition) is 2. The fourth-order valence-electron chi connectivity index (χ4n) is 2.44. The van der Waals surface area contributed by atoms with Crippen molar-refractivity contribution in [2.75, 3.05) is 11.9 Å². The molecule has 0 aliphatic rings. The number of amides is 2. The first-order chi connectivity index (χ1) is 12.6. The molecule has 134 valence electrons. The first kappa shape index (κ1) is 17.6. The predicted octanol–water partition coefficient (Wildman–Crippen LogP) is 4.54. The van der Waals surface area contributed by atoms with Crippen LogP contribution in [0.25, 0.3) is 23.1 Å². The molecule has 0 fully saturated rings. The first-order valence-electron chi connectivity index (χ1n) is 8.23. The fourth-order valence-corrected chi connectivity index (χ4v) is 2.44. The van der Waals surface area contributed by atoms with Crippen molar-refractivity contribution in [3.63, 3.8) is 0 Å². The lowest BCUT2D eigenvalue weighted by Crippen LogP contribution is -2.29. The molecular formula is C19H18F2N4O. The Morgan fingerprint density at radius 3 is 2.69 bits per heavy atom. The highest BCUT2D eigenvalue weighted by molar-refractivity contribution is 5.96. The summed E-state index contributed by atoms with van der Waals surface area (Å²) in [5.74, 6) is -0.859. The van der Waals surface area contributed by atoms with Gasteiger partial charge in [-0.1, -0.05) is 25.1 Å². The van der Waals surface area contributed by atoms with Gasteiger partial charge in [0.05, 0.1) is 16.9 Å². The summed E-state index contributed by atoms with van der Waals surface area (Å²) >= 11 is 0. The molecular weight excluding hydrogens is 338 g/mol. The molecule has 0 bridgehead atoms. The summed E-state index contributed by atoms with van der Waals surface area (Å²) in [5, 5.41) is 12.7. The molecule has 0 aliphatic heterocycles. The number of nitrogens with one attached hydrogen (secondary N) is 3. The highest BCUT2D eigenvalue weighted by atomic mass is 19.1. The molecule has 1 heterocycles. The van der Waals surface area contributed by atoms with E-state index in [1.807, 2.05) is 6.92 Å². The minimum Gasteiger partial charge on any atom is -0.338 e. The number of aromatic nitrogens is 2. The number of anilines is 1. The second kappa shape index (κ2) is 7.77. The van der Waals surface area contributed by atoms with Gasteiger partial charge in [0.25, 0.3) is 0 Å². The minimum absolute atomic E-state index is 0.0731. The van der Waals surface area contributed by atoms with E-state index in [0.717, 1.165) is 12.0 Å². The zero-order valence-corrected chi connectivity index (χ0v) is 14.1. The van der Waals surface area contributed by atoms with Crippen LogP contribution in [0.1, 0.15) is 24.6 Å². The number of carbonyl (C=O) groups excluding carboxylic acids is 1. The average molecular weight is 356 g/mol. The molecule has 7 heteroatoms. The van der Waals surface area contributed by atoms with Gasteiger partial charge in [-0.05, 0) is 36.3 Å². The van der Waals surface area contributed by atoms with E-state index in [4.69, 9.17) is 0 Å². The summed E-state index contributed by atoms with van der Waals surface area (Å²) in [4.78, 5) is 11.8. The lowest BCUT2D eigenvalue weighted by atomic mass is 10.1. The van der Waals surface area contributed by atoms with Gasteiger partial charge in [-0.25, -0.2) is 13.6 Å². The number of rotatable bonds is 5. The van der Waals surface area contributed by atoms with E-state index in [-0.39, 0.29) is 11.5 Å². The molecule has 0 unspecified atom stereocenters. The third-order valence-electron chi connectivity index (χ3n) is 3.77. The SMILES string of the molecule is CCCNC(=O)Nc1cc2c(C=Cc3ccc(F)cc3)n[nH]c2cc1F. The van der Waals surface area contributed by atoms with E-state index in [1.165, 1.54) is 24.3 Å². The first-order valence-corrected chi connectivity index (χ1v) is 8.23. The molecule has 0 radical (unpaired) electrons. The number of H-pyrrole nitrogens is 1. The van der Waals surface area contributed by atoms with E-state index in [9.17, 15) is 13.6 Å². The summed E-state index contributed by atoms with van der Waals surface area (Å²) in [6.07, 6.45) is 4.30. The summed E-state index contributed by atoms with van der Waals surface area (Å²) in [5.41, 5.74) is 1.98. The van der Waals surface area contributed by atoms with E-state index in [0.29, 0.717) is 23.1 Å². The van der Waals surface area contributed by atoms with E-state index in [2.05, 4.69) is 20.8 Å². The predicted molar refractivity (Wildman–Crippen MR) is 98.7 cm³/mol. The van der Waals surface area contributed by atoms with Crippen molar-refractivity contribution in [1.82, 2.24) is 15.5 Å². The zero-order valence-electron chi connectivity index (χ0n) is 14.1. The molecule has 5 nitrogen and oxygen atoms in total. The highest BCUT2D eigenvalue weighted by Gasteiger charge is 2.11. The van der Waals surface area contributed by atoms with Gasteiger partial charge in [0.2, 0.25) is 0 Å². The van der Waals surface area contributed by atoms with Crippen LogP contribution in [-0.2, 0) is 0 Å². The Morgan fingerprint density at radius 1 is 1.19 bits per heavy atom. The molecule has 1 aromatic heterocycles. The molecule has 0 saturated heterocycles. The Hall–Kier alpha value is -3.22. The van der Waals surface area contributed by atoms with Crippen LogP contribution in [0.3, 0.4) is 0 Å². The summed E-state index contributed by atoms with van der Waals surface area (Å²) < 4.78 is 27.1. The van der Waals surface area contributed by atoms with Crippen LogP contribution in [0, 0.1) is 11.6 Å². The Bertz CT molecular complexity index is 948. The standard InChI is InChI=1S/C19H18F2N4O/c1-2-9-22-19(26)23-18-10-14-16(24-25-17(14)11-15(18)21)8-5-12-3-6-13(20)7-4-12/h3-8,10-11H,2,9H2,1H3,(H,24,25)(H2,22,23,26). The van der Waals surface area contributed by atoms with Crippen molar-refractivity contribution in [3.8, 4) is 0 Å². The lowest BCUT2D eigenvalue weighted by Gasteiger charge is -2.08. The van der Waals surface area contributed by atoms with Crippen molar-refractivity contribution >= 4 is 34.8 Å². The van der Waals surface area contributed by atoms with Gasteiger partial charge in [-0.15, -0.1) is 0 Å². The van der Waals surface area contributed by atoms with Crippen LogP contribution in [0.2, 0.25) is 0 Å². The summed E-state index contributed by atoms with van der Waals surface area (Å²) in [7, 11) is 0. The maximum absolute atomic E-state index is 14.2. The molecule has 2 amide bonds. The van der Waals surface area contributed by atoms with Crippen molar-refractivity contribution in [1.29, 1.82) is 0 Å². The zero-order chi connectivity index (χ0) is 18.5. The number of fused-ring (bicyclic) bond motifs is 1. The third kappa shape index (κ3) is 4.05. The number of halogens is 2. The largest absolute Gasteiger partial charge is 0.338 e. The molecule has 0 aliphatic carbocycles. The number of benzene rings is 2. The smallest absolute Gasteiger partial charge is 0.319 e. The maximum atomic E-state index is 14.2. The number of aromatic amines is 1. The number of carbonyl (C=O) groups is 1. The molecule has 0 spiro atoms.